The van der Waals surface area contributed by atoms with Crippen LogP contribution in [-0.2, 0) is 0 Å². The van der Waals surface area contributed by atoms with Gasteiger partial charge in [0.1, 0.15) is 5.75 Å². The first-order valence-electron chi connectivity index (χ1n) is 7.04. The maximum absolute atomic E-state index is 8.99. The quantitative estimate of drug-likeness (QED) is 0.901. The van der Waals surface area contributed by atoms with Crippen LogP contribution in [0.15, 0.2) is 48.5 Å². The zero-order chi connectivity index (χ0) is 15.2. The zero-order valence-corrected chi connectivity index (χ0v) is 12.6. The third-order valence-corrected chi connectivity index (χ3v) is 3.62. The smallest absolute Gasteiger partial charge is 0.123 e. The molecule has 0 saturated carbocycles. The van der Waals surface area contributed by atoms with E-state index < -0.39 is 0 Å². The summed E-state index contributed by atoms with van der Waals surface area (Å²) in [4.78, 5) is 0. The molecule has 0 saturated heterocycles. The second-order valence-corrected chi connectivity index (χ2v) is 5.09. The van der Waals surface area contributed by atoms with Crippen LogP contribution in [0.2, 0.25) is 0 Å². The molecule has 108 valence electrons. The van der Waals surface area contributed by atoms with Gasteiger partial charge in [0.15, 0.2) is 0 Å². The molecule has 0 aliphatic heterocycles. The molecule has 0 heterocycles. The minimum Gasteiger partial charge on any atom is -0.496 e. The van der Waals surface area contributed by atoms with Gasteiger partial charge in [0.2, 0.25) is 0 Å². The van der Waals surface area contributed by atoms with Gasteiger partial charge in [-0.2, -0.15) is 5.26 Å². The van der Waals surface area contributed by atoms with Crippen LogP contribution >= 0.6 is 0 Å². The standard InChI is InChI=1S/C18H20N2O/c1-13(16-8-6-7-15(11-16)12-19)20-14(2)17-9-4-5-10-18(17)21-3/h4-11,13-14,20H,1-3H3. The Morgan fingerprint density at radius 1 is 1.05 bits per heavy atom. The molecule has 0 amide bonds. The number of benzene rings is 2. The number of nitrogens with one attached hydrogen (secondary N) is 1. The van der Waals surface area contributed by atoms with Crippen molar-refractivity contribution >= 4 is 0 Å². The summed E-state index contributed by atoms with van der Waals surface area (Å²) >= 11 is 0. The van der Waals surface area contributed by atoms with E-state index in [1.807, 2.05) is 42.5 Å². The molecule has 0 aliphatic carbocycles. The summed E-state index contributed by atoms with van der Waals surface area (Å²) < 4.78 is 5.41. The second-order valence-electron chi connectivity index (χ2n) is 5.09. The van der Waals surface area contributed by atoms with E-state index in [1.165, 1.54) is 0 Å². The molecule has 3 nitrogen and oxygen atoms in total. The predicted molar refractivity (Wildman–Crippen MR) is 84.1 cm³/mol. The summed E-state index contributed by atoms with van der Waals surface area (Å²) in [6, 6.07) is 18.2. The van der Waals surface area contributed by atoms with Crippen molar-refractivity contribution in [3.63, 3.8) is 0 Å². The highest BCUT2D eigenvalue weighted by Crippen LogP contribution is 2.26. The predicted octanol–water partition coefficient (Wildman–Crippen LogP) is 3.98. The van der Waals surface area contributed by atoms with Gasteiger partial charge in [-0.05, 0) is 37.6 Å². The Labute approximate surface area is 126 Å². The Kier molecular flexibility index (Phi) is 4.97. The van der Waals surface area contributed by atoms with E-state index in [0.29, 0.717) is 5.56 Å². The van der Waals surface area contributed by atoms with Crippen molar-refractivity contribution in [3.8, 4) is 11.8 Å². The topological polar surface area (TPSA) is 45.0 Å². The molecule has 0 aliphatic rings. The lowest BCUT2D eigenvalue weighted by atomic mass is 10.0. The molecule has 2 atom stereocenters. The Morgan fingerprint density at radius 2 is 1.81 bits per heavy atom. The molecule has 0 bridgehead atoms. The van der Waals surface area contributed by atoms with Crippen LogP contribution in [0.5, 0.6) is 5.75 Å². The Hall–Kier alpha value is -2.31. The summed E-state index contributed by atoms with van der Waals surface area (Å²) in [5, 5.41) is 12.5. The lowest BCUT2D eigenvalue weighted by Gasteiger charge is -2.22. The van der Waals surface area contributed by atoms with Gasteiger partial charge in [0.05, 0.1) is 18.7 Å². The maximum Gasteiger partial charge on any atom is 0.123 e. The lowest BCUT2D eigenvalue weighted by molar-refractivity contribution is 0.396. The van der Waals surface area contributed by atoms with Crippen molar-refractivity contribution in [1.82, 2.24) is 5.32 Å². The van der Waals surface area contributed by atoms with Crippen LogP contribution < -0.4 is 10.1 Å². The number of nitrogens with zero attached hydrogens (tertiary/aromatic N) is 1. The van der Waals surface area contributed by atoms with Gasteiger partial charge in [-0.25, -0.2) is 0 Å². The SMILES string of the molecule is COc1ccccc1C(C)NC(C)c1cccc(C#N)c1. The third-order valence-electron chi connectivity index (χ3n) is 3.62. The van der Waals surface area contributed by atoms with Gasteiger partial charge in [-0.3, -0.25) is 0 Å². The number of methoxy groups -OCH3 is 1. The second kappa shape index (κ2) is 6.92. The first-order valence-corrected chi connectivity index (χ1v) is 7.04. The van der Waals surface area contributed by atoms with Crippen molar-refractivity contribution in [2.75, 3.05) is 7.11 Å². The maximum atomic E-state index is 8.99. The van der Waals surface area contributed by atoms with Crippen molar-refractivity contribution in [1.29, 1.82) is 5.26 Å². The van der Waals surface area contributed by atoms with Gasteiger partial charge in [-0.15, -0.1) is 0 Å². The summed E-state index contributed by atoms with van der Waals surface area (Å²) in [6.07, 6.45) is 0. The summed E-state index contributed by atoms with van der Waals surface area (Å²) in [7, 11) is 1.69. The molecular formula is C18H20N2O. The van der Waals surface area contributed by atoms with E-state index in [0.717, 1.165) is 16.9 Å². The van der Waals surface area contributed by atoms with Crippen molar-refractivity contribution < 1.29 is 4.74 Å². The molecule has 21 heavy (non-hydrogen) atoms. The lowest BCUT2D eigenvalue weighted by Crippen LogP contribution is -2.23. The number of hydrogen-bond donors (Lipinski definition) is 1. The van der Waals surface area contributed by atoms with E-state index in [9.17, 15) is 0 Å². The average Bonchev–Trinajstić information content (AvgIpc) is 2.54. The van der Waals surface area contributed by atoms with Crippen LogP contribution in [0.4, 0.5) is 0 Å². The largest absolute Gasteiger partial charge is 0.496 e. The van der Waals surface area contributed by atoms with E-state index in [1.54, 1.807) is 7.11 Å². The fourth-order valence-electron chi connectivity index (χ4n) is 2.46. The number of rotatable bonds is 5. The first-order chi connectivity index (χ1) is 10.2. The van der Waals surface area contributed by atoms with Gasteiger partial charge in [0, 0.05) is 17.6 Å². The summed E-state index contributed by atoms with van der Waals surface area (Å²) in [5.41, 5.74) is 2.92. The minimum atomic E-state index is 0.151. The highest BCUT2D eigenvalue weighted by Gasteiger charge is 2.14. The van der Waals surface area contributed by atoms with Crippen molar-refractivity contribution in [3.05, 3.63) is 65.2 Å². The van der Waals surface area contributed by atoms with Crippen molar-refractivity contribution in [2.24, 2.45) is 0 Å². The van der Waals surface area contributed by atoms with E-state index >= 15 is 0 Å². The summed E-state index contributed by atoms with van der Waals surface area (Å²) in [5.74, 6) is 0.885. The fourth-order valence-corrected chi connectivity index (χ4v) is 2.46. The van der Waals surface area contributed by atoms with Crippen LogP contribution in [0.3, 0.4) is 0 Å². The van der Waals surface area contributed by atoms with Gasteiger partial charge < -0.3 is 10.1 Å². The van der Waals surface area contributed by atoms with Crippen LogP contribution in [0.1, 0.15) is 42.6 Å². The third kappa shape index (κ3) is 3.62. The van der Waals surface area contributed by atoms with Gasteiger partial charge in [0.25, 0.3) is 0 Å². The zero-order valence-electron chi connectivity index (χ0n) is 12.6. The van der Waals surface area contributed by atoms with E-state index in [4.69, 9.17) is 10.00 Å². The van der Waals surface area contributed by atoms with E-state index in [-0.39, 0.29) is 12.1 Å². The highest BCUT2D eigenvalue weighted by molar-refractivity contribution is 5.37. The monoisotopic (exact) mass is 280 g/mol. The number of hydrogen-bond acceptors (Lipinski definition) is 3. The molecule has 2 unspecified atom stereocenters. The molecule has 2 aromatic rings. The molecule has 0 spiro atoms. The highest BCUT2D eigenvalue weighted by atomic mass is 16.5. The first kappa shape index (κ1) is 15.1. The molecule has 3 heteroatoms. The Balaban J connectivity index is 2.15. The van der Waals surface area contributed by atoms with Crippen molar-refractivity contribution in [2.45, 2.75) is 25.9 Å². The Bertz CT molecular complexity index is 646. The number of nitriles is 1. The molecular weight excluding hydrogens is 260 g/mol. The summed E-state index contributed by atoms with van der Waals surface area (Å²) in [6.45, 7) is 4.21. The fraction of sp³-hybridized carbons (Fsp3) is 0.278. The van der Waals surface area contributed by atoms with Crippen LogP contribution in [-0.4, -0.2) is 7.11 Å². The normalized spacial score (nSPS) is 13.2. The van der Waals surface area contributed by atoms with Crippen LogP contribution in [0, 0.1) is 11.3 Å². The molecule has 0 fully saturated rings. The van der Waals surface area contributed by atoms with E-state index in [2.05, 4.69) is 31.3 Å². The molecule has 0 radical (unpaired) electrons. The minimum absolute atomic E-state index is 0.151. The van der Waals surface area contributed by atoms with Gasteiger partial charge in [-0.1, -0.05) is 30.3 Å². The molecule has 2 rings (SSSR count). The van der Waals surface area contributed by atoms with Gasteiger partial charge >= 0.3 is 0 Å². The Morgan fingerprint density at radius 3 is 2.52 bits per heavy atom. The molecule has 0 aromatic heterocycles. The number of ether oxygens (including phenoxy) is 1. The molecule has 1 N–H and O–H groups in total. The van der Waals surface area contributed by atoms with Crippen LogP contribution in [0.25, 0.3) is 0 Å². The number of para-hydroxylation sites is 1. The average molecular weight is 280 g/mol. The molecule has 2 aromatic carbocycles.